The van der Waals surface area contributed by atoms with Crippen molar-refractivity contribution < 1.29 is 4.42 Å². The Hall–Kier alpha value is -1.07. The number of nitrogens with one attached hydrogen (secondary N) is 1. The summed E-state index contributed by atoms with van der Waals surface area (Å²) >= 11 is 0. The number of rotatable bonds is 4. The maximum absolute atomic E-state index is 5.71. The van der Waals surface area contributed by atoms with Crippen LogP contribution in [0.3, 0.4) is 0 Å². The Morgan fingerprint density at radius 2 is 2.30 bits per heavy atom. The minimum absolute atomic E-state index is 0.469. The summed E-state index contributed by atoms with van der Waals surface area (Å²) in [4.78, 5) is 9.60. The largest absolute Gasteiger partial charge is 0.432 e. The van der Waals surface area contributed by atoms with Crippen LogP contribution in [-0.2, 0) is 6.54 Å². The van der Waals surface area contributed by atoms with Crippen LogP contribution in [0.15, 0.2) is 10.7 Å². The number of piperazine rings is 1. The molecule has 2 aliphatic rings. The fourth-order valence-corrected chi connectivity index (χ4v) is 3.27. The van der Waals surface area contributed by atoms with E-state index in [2.05, 4.69) is 40.9 Å². The third kappa shape index (κ3) is 2.83. The molecule has 0 radical (unpaired) electrons. The van der Waals surface area contributed by atoms with Gasteiger partial charge < -0.3 is 14.6 Å². The minimum Gasteiger partial charge on any atom is -0.432 e. The van der Waals surface area contributed by atoms with Gasteiger partial charge in [0, 0.05) is 37.8 Å². The van der Waals surface area contributed by atoms with Crippen molar-refractivity contribution in [3.8, 4) is 0 Å². The lowest BCUT2D eigenvalue weighted by atomic mass is 10.1. The highest BCUT2D eigenvalue weighted by molar-refractivity contribution is 5.31. The topological polar surface area (TPSA) is 44.5 Å². The van der Waals surface area contributed by atoms with Crippen molar-refractivity contribution in [1.82, 2.24) is 15.2 Å². The number of aromatic nitrogens is 1. The standard InChI is InChI=1S/C15H26N4O/c1-11(2)16-7-13-10-20-15(17-13)19-9-14-5-4-6-18(14)8-12(19)3/h10-12,14,16H,4-9H2,1-3H3. The zero-order valence-electron chi connectivity index (χ0n) is 12.8. The molecule has 3 rings (SSSR count). The average molecular weight is 278 g/mol. The number of hydrogen-bond acceptors (Lipinski definition) is 5. The maximum Gasteiger partial charge on any atom is 0.297 e. The normalized spacial score (nSPS) is 27.3. The lowest BCUT2D eigenvalue weighted by molar-refractivity contribution is 0.197. The summed E-state index contributed by atoms with van der Waals surface area (Å²) in [6.45, 7) is 10.8. The van der Waals surface area contributed by atoms with Crippen LogP contribution in [0, 0.1) is 0 Å². The molecule has 112 valence electrons. The van der Waals surface area contributed by atoms with Crippen molar-refractivity contribution in [3.05, 3.63) is 12.0 Å². The lowest BCUT2D eigenvalue weighted by Gasteiger charge is -2.41. The van der Waals surface area contributed by atoms with E-state index in [1.54, 1.807) is 6.26 Å². The summed E-state index contributed by atoms with van der Waals surface area (Å²) in [7, 11) is 0. The van der Waals surface area contributed by atoms with Crippen LogP contribution in [0.1, 0.15) is 39.3 Å². The van der Waals surface area contributed by atoms with Crippen LogP contribution in [-0.4, -0.2) is 47.6 Å². The first-order valence-electron chi connectivity index (χ1n) is 7.82. The van der Waals surface area contributed by atoms with E-state index >= 15 is 0 Å². The van der Waals surface area contributed by atoms with Gasteiger partial charge in [0.1, 0.15) is 6.26 Å². The van der Waals surface area contributed by atoms with E-state index in [0.717, 1.165) is 31.3 Å². The number of nitrogens with zero attached hydrogens (tertiary/aromatic N) is 3. The average Bonchev–Trinajstić information content (AvgIpc) is 3.03. The SMILES string of the molecule is CC(C)NCc1coc(N2CC3CCCN3CC2C)n1. The van der Waals surface area contributed by atoms with Crippen molar-refractivity contribution in [2.75, 3.05) is 24.5 Å². The Balaban J connectivity index is 1.66. The number of fused-ring (bicyclic) bond motifs is 1. The first-order chi connectivity index (χ1) is 9.63. The molecular formula is C15H26N4O. The van der Waals surface area contributed by atoms with E-state index in [9.17, 15) is 0 Å². The second-order valence-corrected chi connectivity index (χ2v) is 6.45. The molecule has 0 spiro atoms. The molecule has 2 saturated heterocycles. The molecule has 1 aromatic heterocycles. The molecule has 5 heteroatoms. The first-order valence-corrected chi connectivity index (χ1v) is 7.82. The van der Waals surface area contributed by atoms with Crippen LogP contribution < -0.4 is 10.2 Å². The Kier molecular flexibility index (Phi) is 3.98. The van der Waals surface area contributed by atoms with Gasteiger partial charge in [0.25, 0.3) is 6.01 Å². The fourth-order valence-electron chi connectivity index (χ4n) is 3.27. The van der Waals surface area contributed by atoms with Crippen molar-refractivity contribution in [1.29, 1.82) is 0 Å². The van der Waals surface area contributed by atoms with Crippen LogP contribution in [0.2, 0.25) is 0 Å². The Morgan fingerprint density at radius 3 is 3.10 bits per heavy atom. The van der Waals surface area contributed by atoms with E-state index in [-0.39, 0.29) is 0 Å². The van der Waals surface area contributed by atoms with Gasteiger partial charge in [0.05, 0.1) is 5.69 Å². The zero-order chi connectivity index (χ0) is 14.1. The fraction of sp³-hybridized carbons (Fsp3) is 0.800. The first kappa shape index (κ1) is 13.9. The third-order valence-electron chi connectivity index (χ3n) is 4.41. The Labute approximate surface area is 121 Å². The van der Waals surface area contributed by atoms with Gasteiger partial charge in [-0.25, -0.2) is 0 Å². The summed E-state index contributed by atoms with van der Waals surface area (Å²) in [6, 6.07) is 2.44. The molecule has 1 N–H and O–H groups in total. The molecule has 3 heterocycles. The van der Waals surface area contributed by atoms with Gasteiger partial charge in [-0.1, -0.05) is 13.8 Å². The van der Waals surface area contributed by atoms with Crippen LogP contribution in [0.5, 0.6) is 0 Å². The van der Waals surface area contributed by atoms with Gasteiger partial charge in [-0.15, -0.1) is 0 Å². The molecular weight excluding hydrogens is 252 g/mol. The van der Waals surface area contributed by atoms with Gasteiger partial charge in [-0.2, -0.15) is 4.98 Å². The van der Waals surface area contributed by atoms with Crippen LogP contribution >= 0.6 is 0 Å². The van der Waals surface area contributed by atoms with Crippen LogP contribution in [0.25, 0.3) is 0 Å². The molecule has 2 atom stereocenters. The molecule has 5 nitrogen and oxygen atoms in total. The molecule has 0 aliphatic carbocycles. The van der Waals surface area contributed by atoms with E-state index in [0.29, 0.717) is 18.1 Å². The monoisotopic (exact) mass is 278 g/mol. The van der Waals surface area contributed by atoms with Crippen LogP contribution in [0.4, 0.5) is 6.01 Å². The summed E-state index contributed by atoms with van der Waals surface area (Å²) in [5, 5.41) is 3.38. The molecule has 2 unspecified atom stereocenters. The molecule has 2 fully saturated rings. The highest BCUT2D eigenvalue weighted by Crippen LogP contribution is 2.28. The summed E-state index contributed by atoms with van der Waals surface area (Å²) in [5.74, 6) is 0. The predicted octanol–water partition coefficient (Wildman–Crippen LogP) is 1.85. The van der Waals surface area contributed by atoms with Crippen molar-refractivity contribution in [2.45, 2.75) is 58.3 Å². The van der Waals surface area contributed by atoms with E-state index in [4.69, 9.17) is 4.42 Å². The number of hydrogen-bond donors (Lipinski definition) is 1. The van der Waals surface area contributed by atoms with Crippen molar-refractivity contribution in [2.24, 2.45) is 0 Å². The molecule has 20 heavy (non-hydrogen) atoms. The highest BCUT2D eigenvalue weighted by atomic mass is 16.4. The quantitative estimate of drug-likeness (QED) is 0.910. The predicted molar refractivity (Wildman–Crippen MR) is 79.9 cm³/mol. The Morgan fingerprint density at radius 1 is 1.45 bits per heavy atom. The minimum atomic E-state index is 0.469. The summed E-state index contributed by atoms with van der Waals surface area (Å²) in [5.41, 5.74) is 0.995. The Bertz CT molecular complexity index is 445. The smallest absolute Gasteiger partial charge is 0.297 e. The zero-order valence-corrected chi connectivity index (χ0v) is 12.8. The van der Waals surface area contributed by atoms with Gasteiger partial charge >= 0.3 is 0 Å². The molecule has 0 bridgehead atoms. The lowest BCUT2D eigenvalue weighted by Crippen LogP contribution is -2.55. The van der Waals surface area contributed by atoms with E-state index in [1.807, 2.05) is 0 Å². The van der Waals surface area contributed by atoms with Gasteiger partial charge in [-0.3, -0.25) is 4.90 Å². The summed E-state index contributed by atoms with van der Waals surface area (Å²) < 4.78 is 5.71. The van der Waals surface area contributed by atoms with Crippen molar-refractivity contribution >= 4 is 6.01 Å². The highest BCUT2D eigenvalue weighted by Gasteiger charge is 2.36. The number of anilines is 1. The molecule has 0 amide bonds. The molecule has 0 aromatic carbocycles. The van der Waals surface area contributed by atoms with Gasteiger partial charge in [-0.05, 0) is 26.3 Å². The molecule has 2 aliphatic heterocycles. The molecule has 1 aromatic rings. The summed E-state index contributed by atoms with van der Waals surface area (Å²) in [6.07, 6.45) is 4.44. The van der Waals surface area contributed by atoms with Gasteiger partial charge in [0.2, 0.25) is 0 Å². The second kappa shape index (κ2) is 5.74. The number of oxazole rings is 1. The third-order valence-corrected chi connectivity index (χ3v) is 4.41. The van der Waals surface area contributed by atoms with Gasteiger partial charge in [0.15, 0.2) is 0 Å². The second-order valence-electron chi connectivity index (χ2n) is 6.45. The van der Waals surface area contributed by atoms with E-state index < -0.39 is 0 Å². The molecule has 0 saturated carbocycles. The maximum atomic E-state index is 5.71. The van der Waals surface area contributed by atoms with E-state index in [1.165, 1.54) is 19.4 Å². The van der Waals surface area contributed by atoms with Crippen molar-refractivity contribution in [3.63, 3.8) is 0 Å².